The molecule has 0 aromatic heterocycles. The molecular weight excluding hydrogens is 280 g/mol. The number of esters is 1. The van der Waals surface area contributed by atoms with Gasteiger partial charge in [0.15, 0.2) is 0 Å². The molecule has 7 heteroatoms. The van der Waals surface area contributed by atoms with E-state index in [1.165, 1.54) is 7.11 Å². The van der Waals surface area contributed by atoms with E-state index in [0.717, 1.165) is 12.8 Å². The van der Waals surface area contributed by atoms with Crippen molar-refractivity contribution in [2.45, 2.75) is 51.6 Å². The quantitative estimate of drug-likeness (QED) is 0.702. The Morgan fingerprint density at radius 3 is 2.40 bits per heavy atom. The predicted molar refractivity (Wildman–Crippen MR) is 77.9 cm³/mol. The molecule has 1 saturated heterocycles. The number of hydrogen-bond acceptors (Lipinski definition) is 5. The van der Waals surface area contributed by atoms with Gasteiger partial charge >= 0.3 is 5.97 Å². The molecule has 0 aromatic rings. The minimum Gasteiger partial charge on any atom is -0.468 e. The summed E-state index contributed by atoms with van der Waals surface area (Å²) in [6, 6.07) is -0.129. The van der Waals surface area contributed by atoms with Crippen LogP contribution in [0.15, 0.2) is 0 Å². The molecule has 0 amide bonds. The van der Waals surface area contributed by atoms with Gasteiger partial charge in [0.05, 0.1) is 12.9 Å². The zero-order valence-electron chi connectivity index (χ0n) is 12.6. The van der Waals surface area contributed by atoms with Crippen molar-refractivity contribution >= 4 is 16.0 Å². The molecule has 6 nitrogen and oxygen atoms in total. The minimum atomic E-state index is -3.10. The molecule has 1 rings (SSSR count). The van der Waals surface area contributed by atoms with Crippen molar-refractivity contribution in [3.05, 3.63) is 0 Å². The van der Waals surface area contributed by atoms with Crippen LogP contribution in [0.3, 0.4) is 0 Å². The first-order chi connectivity index (χ1) is 9.44. The maximum atomic E-state index is 12.0. The molecule has 1 aliphatic heterocycles. The van der Waals surface area contributed by atoms with Gasteiger partial charge < -0.3 is 10.1 Å². The van der Waals surface area contributed by atoms with Crippen LogP contribution in [-0.4, -0.2) is 56.7 Å². The molecule has 1 unspecified atom stereocenters. The van der Waals surface area contributed by atoms with Gasteiger partial charge in [0.2, 0.25) is 10.0 Å². The molecule has 1 heterocycles. The Labute approximate surface area is 121 Å². The van der Waals surface area contributed by atoms with Crippen LogP contribution in [0.25, 0.3) is 0 Å². The summed E-state index contributed by atoms with van der Waals surface area (Å²) in [6.07, 6.45) is 2.77. The van der Waals surface area contributed by atoms with E-state index in [4.69, 9.17) is 4.74 Å². The van der Waals surface area contributed by atoms with Gasteiger partial charge in [-0.2, -0.15) is 0 Å². The van der Waals surface area contributed by atoms with Crippen LogP contribution in [0.4, 0.5) is 0 Å². The zero-order valence-corrected chi connectivity index (χ0v) is 13.4. The van der Waals surface area contributed by atoms with Crippen molar-refractivity contribution in [1.29, 1.82) is 0 Å². The van der Waals surface area contributed by atoms with E-state index in [1.807, 2.05) is 13.8 Å². The van der Waals surface area contributed by atoms with Crippen molar-refractivity contribution in [2.24, 2.45) is 0 Å². The second-order valence-corrected chi connectivity index (χ2v) is 7.23. The minimum absolute atomic E-state index is 0.173. The van der Waals surface area contributed by atoms with Crippen molar-refractivity contribution in [2.75, 3.05) is 26.0 Å². The van der Waals surface area contributed by atoms with E-state index in [0.29, 0.717) is 25.9 Å². The number of ether oxygens (including phenoxy) is 1. The molecule has 0 radical (unpaired) electrons. The van der Waals surface area contributed by atoms with E-state index in [2.05, 4.69) is 5.32 Å². The Bertz CT molecular complexity index is 403. The Hall–Kier alpha value is -0.660. The van der Waals surface area contributed by atoms with E-state index in [9.17, 15) is 13.2 Å². The Morgan fingerprint density at radius 1 is 1.35 bits per heavy atom. The Balaban J connectivity index is 2.48. The summed E-state index contributed by atoms with van der Waals surface area (Å²) in [4.78, 5) is 11.5. The summed E-state index contributed by atoms with van der Waals surface area (Å²) < 4.78 is 30.2. The lowest BCUT2D eigenvalue weighted by molar-refractivity contribution is -0.143. The fraction of sp³-hybridized carbons (Fsp3) is 0.923. The third kappa shape index (κ3) is 4.71. The van der Waals surface area contributed by atoms with Crippen LogP contribution in [0, 0.1) is 0 Å². The van der Waals surface area contributed by atoms with Gasteiger partial charge in [-0.3, -0.25) is 4.79 Å². The number of carbonyl (C=O) groups is 1. The Morgan fingerprint density at radius 2 is 1.95 bits per heavy atom. The summed E-state index contributed by atoms with van der Waals surface area (Å²) in [6.45, 7) is 4.85. The second kappa shape index (κ2) is 7.95. The van der Waals surface area contributed by atoms with Crippen LogP contribution in [0.5, 0.6) is 0 Å². The number of methoxy groups -OCH3 is 1. The summed E-state index contributed by atoms with van der Waals surface area (Å²) in [7, 11) is -1.72. The van der Waals surface area contributed by atoms with Crippen LogP contribution in [0.2, 0.25) is 0 Å². The van der Waals surface area contributed by atoms with Crippen molar-refractivity contribution in [1.82, 2.24) is 9.62 Å². The highest BCUT2D eigenvalue weighted by Gasteiger charge is 2.29. The molecular formula is C13H26N2O4S. The summed E-state index contributed by atoms with van der Waals surface area (Å²) >= 11 is 0. The smallest absolute Gasteiger partial charge is 0.322 e. The van der Waals surface area contributed by atoms with E-state index >= 15 is 0 Å². The van der Waals surface area contributed by atoms with Crippen molar-refractivity contribution < 1.29 is 17.9 Å². The van der Waals surface area contributed by atoms with E-state index in [1.54, 1.807) is 4.31 Å². The SMILES string of the molecule is CCCS(=O)(=O)N1CCC(NC(CC)C(=O)OC)CC1. The van der Waals surface area contributed by atoms with Gasteiger partial charge in [-0.25, -0.2) is 12.7 Å². The van der Waals surface area contributed by atoms with Crippen LogP contribution < -0.4 is 5.32 Å². The lowest BCUT2D eigenvalue weighted by Gasteiger charge is -2.33. The largest absolute Gasteiger partial charge is 0.468 e. The maximum Gasteiger partial charge on any atom is 0.322 e. The molecule has 0 bridgehead atoms. The van der Waals surface area contributed by atoms with Gasteiger partial charge in [0, 0.05) is 19.1 Å². The zero-order chi connectivity index (χ0) is 15.2. The lowest BCUT2D eigenvalue weighted by atomic mass is 10.0. The van der Waals surface area contributed by atoms with Crippen LogP contribution in [-0.2, 0) is 19.6 Å². The van der Waals surface area contributed by atoms with Crippen molar-refractivity contribution in [3.63, 3.8) is 0 Å². The molecule has 0 aromatic carbocycles. The van der Waals surface area contributed by atoms with Crippen LogP contribution >= 0.6 is 0 Å². The fourth-order valence-electron chi connectivity index (χ4n) is 2.47. The summed E-state index contributed by atoms with van der Waals surface area (Å²) in [5.41, 5.74) is 0. The molecule has 0 spiro atoms. The molecule has 20 heavy (non-hydrogen) atoms. The molecule has 0 saturated carbocycles. The fourth-order valence-corrected chi connectivity index (χ4v) is 4.01. The highest BCUT2D eigenvalue weighted by atomic mass is 32.2. The van der Waals surface area contributed by atoms with Gasteiger partial charge in [0.25, 0.3) is 0 Å². The third-order valence-corrected chi connectivity index (χ3v) is 5.72. The van der Waals surface area contributed by atoms with Gasteiger partial charge in [-0.1, -0.05) is 13.8 Å². The number of nitrogens with zero attached hydrogens (tertiary/aromatic N) is 1. The number of rotatable bonds is 7. The maximum absolute atomic E-state index is 12.0. The summed E-state index contributed by atoms with van der Waals surface area (Å²) in [5, 5.41) is 3.26. The normalized spacial score (nSPS) is 19.8. The first-order valence-corrected chi connectivity index (χ1v) is 8.87. The number of nitrogens with one attached hydrogen (secondary N) is 1. The van der Waals surface area contributed by atoms with Crippen molar-refractivity contribution in [3.8, 4) is 0 Å². The summed E-state index contributed by atoms with van der Waals surface area (Å²) in [5.74, 6) is -0.0429. The van der Waals surface area contributed by atoms with Gasteiger partial charge in [-0.05, 0) is 25.7 Å². The Kier molecular flexibility index (Phi) is 6.91. The topological polar surface area (TPSA) is 75.7 Å². The standard InChI is InChI=1S/C13H26N2O4S/c1-4-10-20(17,18)15-8-6-11(7-9-15)14-12(5-2)13(16)19-3/h11-12,14H,4-10H2,1-3H3. The number of hydrogen-bond donors (Lipinski definition) is 1. The molecule has 1 aliphatic rings. The molecule has 1 atom stereocenters. The number of piperidine rings is 1. The molecule has 118 valence electrons. The monoisotopic (exact) mass is 306 g/mol. The van der Waals surface area contributed by atoms with E-state index in [-0.39, 0.29) is 23.8 Å². The molecule has 0 aliphatic carbocycles. The van der Waals surface area contributed by atoms with Crippen LogP contribution in [0.1, 0.15) is 39.5 Å². The number of sulfonamides is 1. The molecule has 1 N–H and O–H groups in total. The lowest BCUT2D eigenvalue weighted by Crippen LogP contribution is -2.50. The third-order valence-electron chi connectivity index (χ3n) is 3.64. The molecule has 1 fully saturated rings. The predicted octanol–water partition coefficient (Wildman–Crippen LogP) is 0.732. The first-order valence-electron chi connectivity index (χ1n) is 7.26. The average molecular weight is 306 g/mol. The van der Waals surface area contributed by atoms with Gasteiger partial charge in [-0.15, -0.1) is 0 Å². The highest BCUT2D eigenvalue weighted by molar-refractivity contribution is 7.89. The second-order valence-electron chi connectivity index (χ2n) is 5.14. The van der Waals surface area contributed by atoms with Gasteiger partial charge in [0.1, 0.15) is 6.04 Å². The van der Waals surface area contributed by atoms with E-state index < -0.39 is 10.0 Å². The number of carbonyl (C=O) groups excluding carboxylic acids is 1. The first kappa shape index (κ1) is 17.4. The highest BCUT2D eigenvalue weighted by Crippen LogP contribution is 2.16. The average Bonchev–Trinajstić information content (AvgIpc) is 2.44.